The van der Waals surface area contributed by atoms with Gasteiger partial charge in [0.25, 0.3) is 0 Å². The Morgan fingerprint density at radius 1 is 1.48 bits per heavy atom. The summed E-state index contributed by atoms with van der Waals surface area (Å²) < 4.78 is 3.40. The molecule has 0 saturated carbocycles. The Morgan fingerprint density at radius 3 is 2.67 bits per heavy atom. The van der Waals surface area contributed by atoms with Crippen LogP contribution in [-0.4, -0.2) is 24.3 Å². The predicted molar refractivity (Wildman–Crippen MR) is 77.4 cm³/mol. The molecule has 10 heteroatoms. The lowest BCUT2D eigenvalue weighted by molar-refractivity contribution is -0.386. The SMILES string of the molecule is CCc1nn(C)c(Cn2cc([N+](=O)[O-])c(=O)[nH]c2=O)c1Br. The average Bonchev–Trinajstić information content (AvgIpc) is 2.68. The van der Waals surface area contributed by atoms with Gasteiger partial charge in [-0.25, -0.2) is 4.79 Å². The van der Waals surface area contributed by atoms with Crippen LogP contribution in [0, 0.1) is 10.1 Å². The fraction of sp³-hybridized carbons (Fsp3) is 0.364. The van der Waals surface area contributed by atoms with Crippen LogP contribution < -0.4 is 11.2 Å². The minimum Gasteiger partial charge on any atom is -0.288 e. The van der Waals surface area contributed by atoms with E-state index in [2.05, 4.69) is 21.0 Å². The third-order valence-electron chi connectivity index (χ3n) is 3.01. The van der Waals surface area contributed by atoms with Crippen LogP contribution >= 0.6 is 15.9 Å². The molecule has 0 aliphatic heterocycles. The molecule has 0 aromatic carbocycles. The van der Waals surface area contributed by atoms with Crippen molar-refractivity contribution < 1.29 is 4.92 Å². The van der Waals surface area contributed by atoms with E-state index in [0.717, 1.165) is 20.9 Å². The standard InChI is InChI=1S/C11H12BrN5O4/c1-3-6-9(12)7(15(2)14-6)4-16-5-8(17(20)21)10(18)13-11(16)19/h5H,3-4H2,1-2H3,(H,13,18,19). The van der Waals surface area contributed by atoms with Crippen LogP contribution in [0.2, 0.25) is 0 Å². The topological polar surface area (TPSA) is 116 Å². The molecular weight excluding hydrogens is 346 g/mol. The molecule has 2 rings (SSSR count). The van der Waals surface area contributed by atoms with Gasteiger partial charge in [-0.1, -0.05) is 6.92 Å². The molecule has 2 aromatic rings. The molecule has 0 radical (unpaired) electrons. The summed E-state index contributed by atoms with van der Waals surface area (Å²) in [4.78, 5) is 35.0. The molecule has 0 aliphatic rings. The number of aromatic amines is 1. The van der Waals surface area contributed by atoms with E-state index in [1.807, 2.05) is 11.9 Å². The largest absolute Gasteiger partial charge is 0.350 e. The van der Waals surface area contributed by atoms with Gasteiger partial charge in [0.05, 0.1) is 33.5 Å². The summed E-state index contributed by atoms with van der Waals surface area (Å²) in [5.41, 5.74) is -0.908. The lowest BCUT2D eigenvalue weighted by Crippen LogP contribution is -2.31. The highest BCUT2D eigenvalue weighted by atomic mass is 79.9. The maximum atomic E-state index is 11.8. The Kier molecular flexibility index (Phi) is 4.07. The van der Waals surface area contributed by atoms with Crippen molar-refractivity contribution in [2.45, 2.75) is 19.9 Å². The van der Waals surface area contributed by atoms with E-state index in [1.165, 1.54) is 0 Å². The Bertz CT molecular complexity index is 819. The van der Waals surface area contributed by atoms with E-state index in [-0.39, 0.29) is 6.54 Å². The number of nitrogens with zero attached hydrogens (tertiary/aromatic N) is 4. The lowest BCUT2D eigenvalue weighted by Gasteiger charge is -2.06. The summed E-state index contributed by atoms with van der Waals surface area (Å²) in [7, 11) is 1.71. The Hall–Kier alpha value is -2.23. The van der Waals surface area contributed by atoms with Gasteiger partial charge < -0.3 is 0 Å². The third kappa shape index (κ3) is 2.79. The second-order valence-electron chi connectivity index (χ2n) is 4.34. The van der Waals surface area contributed by atoms with Crippen molar-refractivity contribution in [3.05, 3.63) is 53.0 Å². The molecule has 21 heavy (non-hydrogen) atoms. The highest BCUT2D eigenvalue weighted by Crippen LogP contribution is 2.22. The zero-order chi connectivity index (χ0) is 15.7. The summed E-state index contributed by atoms with van der Waals surface area (Å²) in [6, 6.07) is 0. The molecule has 112 valence electrons. The van der Waals surface area contributed by atoms with E-state index < -0.39 is 21.9 Å². The zero-order valence-corrected chi connectivity index (χ0v) is 12.9. The molecule has 0 spiro atoms. The highest BCUT2D eigenvalue weighted by molar-refractivity contribution is 9.10. The third-order valence-corrected chi connectivity index (χ3v) is 3.93. The number of aryl methyl sites for hydroxylation is 2. The van der Waals surface area contributed by atoms with Crippen molar-refractivity contribution in [1.29, 1.82) is 0 Å². The Balaban J connectivity index is 2.52. The van der Waals surface area contributed by atoms with Crippen LogP contribution in [-0.2, 0) is 20.0 Å². The predicted octanol–water partition coefficient (Wildman–Crippen LogP) is 0.551. The van der Waals surface area contributed by atoms with Crippen LogP contribution in [0.3, 0.4) is 0 Å². The molecular formula is C11H12BrN5O4. The first-order valence-corrected chi connectivity index (χ1v) is 6.82. The first-order chi connectivity index (χ1) is 9.85. The van der Waals surface area contributed by atoms with Gasteiger partial charge in [-0.15, -0.1) is 0 Å². The molecule has 0 bridgehead atoms. The van der Waals surface area contributed by atoms with Gasteiger partial charge in [-0.3, -0.25) is 29.1 Å². The summed E-state index contributed by atoms with van der Waals surface area (Å²) in [6.07, 6.45) is 1.64. The summed E-state index contributed by atoms with van der Waals surface area (Å²) >= 11 is 3.40. The minimum absolute atomic E-state index is 0.0561. The Labute approximate surface area is 126 Å². The maximum absolute atomic E-state index is 11.8. The number of hydrogen-bond acceptors (Lipinski definition) is 5. The first-order valence-electron chi connectivity index (χ1n) is 6.03. The average molecular weight is 358 g/mol. The molecule has 0 amide bonds. The van der Waals surface area contributed by atoms with E-state index >= 15 is 0 Å². The van der Waals surface area contributed by atoms with Gasteiger partial charge >= 0.3 is 16.9 Å². The van der Waals surface area contributed by atoms with Crippen molar-refractivity contribution in [2.75, 3.05) is 0 Å². The molecule has 1 N–H and O–H groups in total. The van der Waals surface area contributed by atoms with Crippen molar-refractivity contribution in [2.24, 2.45) is 7.05 Å². The second-order valence-corrected chi connectivity index (χ2v) is 5.14. The minimum atomic E-state index is -1.01. The zero-order valence-electron chi connectivity index (χ0n) is 11.3. The maximum Gasteiger partial charge on any atom is 0.350 e. The van der Waals surface area contributed by atoms with E-state index in [1.54, 1.807) is 11.7 Å². The van der Waals surface area contributed by atoms with E-state index in [4.69, 9.17) is 0 Å². The van der Waals surface area contributed by atoms with E-state index in [0.29, 0.717) is 12.1 Å². The first kappa shape index (κ1) is 15.2. The van der Waals surface area contributed by atoms with Crippen molar-refractivity contribution >= 4 is 21.6 Å². The van der Waals surface area contributed by atoms with Gasteiger partial charge in [-0.2, -0.15) is 5.10 Å². The summed E-state index contributed by atoms with van der Waals surface area (Å²) in [6.45, 7) is 1.99. The molecule has 9 nitrogen and oxygen atoms in total. The molecule has 0 saturated heterocycles. The number of hydrogen-bond donors (Lipinski definition) is 1. The van der Waals surface area contributed by atoms with Crippen LogP contribution in [0.25, 0.3) is 0 Å². The van der Waals surface area contributed by atoms with Crippen LogP contribution in [0.5, 0.6) is 0 Å². The number of H-pyrrole nitrogens is 1. The normalized spacial score (nSPS) is 10.8. The van der Waals surface area contributed by atoms with Gasteiger partial charge in [0.15, 0.2) is 0 Å². The summed E-state index contributed by atoms with van der Waals surface area (Å²) in [5, 5.41) is 15.0. The molecule has 0 atom stereocenters. The molecule has 2 aromatic heterocycles. The van der Waals surface area contributed by atoms with Crippen molar-refractivity contribution in [3.8, 4) is 0 Å². The van der Waals surface area contributed by atoms with Gasteiger partial charge in [-0.05, 0) is 22.4 Å². The van der Waals surface area contributed by atoms with Crippen LogP contribution in [0.1, 0.15) is 18.3 Å². The highest BCUT2D eigenvalue weighted by Gasteiger charge is 2.18. The number of aromatic nitrogens is 4. The quantitative estimate of drug-likeness (QED) is 0.633. The monoisotopic (exact) mass is 357 g/mol. The Morgan fingerprint density at radius 2 is 2.14 bits per heavy atom. The lowest BCUT2D eigenvalue weighted by atomic mass is 10.3. The smallest absolute Gasteiger partial charge is 0.288 e. The summed E-state index contributed by atoms with van der Waals surface area (Å²) in [5.74, 6) is 0. The fourth-order valence-corrected chi connectivity index (χ4v) is 2.64. The number of rotatable bonds is 4. The van der Waals surface area contributed by atoms with E-state index in [9.17, 15) is 19.7 Å². The molecule has 2 heterocycles. The number of nitrogens with one attached hydrogen (secondary N) is 1. The van der Waals surface area contributed by atoms with Crippen LogP contribution in [0.4, 0.5) is 5.69 Å². The van der Waals surface area contributed by atoms with Gasteiger partial charge in [0.2, 0.25) is 0 Å². The van der Waals surface area contributed by atoms with Crippen LogP contribution in [0.15, 0.2) is 20.3 Å². The number of halogens is 1. The molecule has 0 aliphatic carbocycles. The number of nitro groups is 1. The van der Waals surface area contributed by atoms with Gasteiger partial charge in [0, 0.05) is 7.05 Å². The van der Waals surface area contributed by atoms with Gasteiger partial charge in [0.1, 0.15) is 0 Å². The van der Waals surface area contributed by atoms with Crippen molar-refractivity contribution in [3.63, 3.8) is 0 Å². The second kappa shape index (κ2) is 5.64. The molecule has 0 unspecified atom stereocenters. The fourth-order valence-electron chi connectivity index (χ4n) is 1.90. The van der Waals surface area contributed by atoms with Crippen molar-refractivity contribution in [1.82, 2.24) is 19.3 Å². The molecule has 0 fully saturated rings.